The molecule has 1 N–H and O–H groups in total. The fourth-order valence-electron chi connectivity index (χ4n) is 4.71. The molecule has 1 aliphatic heterocycles. The minimum atomic E-state index is -0.546. The number of rotatable bonds is 8. The van der Waals surface area contributed by atoms with E-state index in [4.69, 9.17) is 18.9 Å². The van der Waals surface area contributed by atoms with Crippen LogP contribution >= 0.6 is 0 Å². The molecule has 38 heavy (non-hydrogen) atoms. The Morgan fingerprint density at radius 2 is 1.47 bits per heavy atom. The third-order valence-electron chi connectivity index (χ3n) is 6.77. The first-order valence-electron chi connectivity index (χ1n) is 12.5. The molecule has 0 fully saturated rings. The van der Waals surface area contributed by atoms with E-state index in [1.54, 1.807) is 14.0 Å². The summed E-state index contributed by atoms with van der Waals surface area (Å²) in [7, 11) is 1.58. The highest BCUT2D eigenvalue weighted by Gasteiger charge is 2.34. The van der Waals surface area contributed by atoms with Crippen LogP contribution < -0.4 is 18.9 Å². The Kier molecular flexibility index (Phi) is 7.22. The largest absolute Gasteiger partial charge is 0.507 e. The van der Waals surface area contributed by atoms with Gasteiger partial charge in [-0.2, -0.15) is 0 Å². The van der Waals surface area contributed by atoms with Crippen molar-refractivity contribution < 1.29 is 28.8 Å². The van der Waals surface area contributed by atoms with Crippen LogP contribution in [-0.2, 0) is 13.2 Å². The van der Waals surface area contributed by atoms with Crippen LogP contribution in [0.2, 0.25) is 0 Å². The molecule has 0 saturated heterocycles. The molecular formula is C32H30O6. The van der Waals surface area contributed by atoms with Crippen LogP contribution in [0.5, 0.6) is 28.7 Å². The molecule has 0 spiro atoms. The zero-order valence-corrected chi connectivity index (χ0v) is 21.7. The summed E-state index contributed by atoms with van der Waals surface area (Å²) in [6.07, 6.45) is -0.452. The second-order valence-corrected chi connectivity index (χ2v) is 9.32. The van der Waals surface area contributed by atoms with Crippen molar-refractivity contribution >= 4 is 5.78 Å². The van der Waals surface area contributed by atoms with Crippen LogP contribution in [0.25, 0.3) is 0 Å². The van der Waals surface area contributed by atoms with Gasteiger partial charge in [0.2, 0.25) is 0 Å². The summed E-state index contributed by atoms with van der Waals surface area (Å²) in [5.74, 6) is 1.73. The Morgan fingerprint density at radius 1 is 0.842 bits per heavy atom. The van der Waals surface area contributed by atoms with Crippen molar-refractivity contribution in [2.75, 3.05) is 7.11 Å². The Bertz CT molecular complexity index is 1450. The minimum absolute atomic E-state index is 0.0943. The third-order valence-corrected chi connectivity index (χ3v) is 6.77. The van der Waals surface area contributed by atoms with Crippen LogP contribution in [0.3, 0.4) is 0 Å². The van der Waals surface area contributed by atoms with Gasteiger partial charge in [0.05, 0.1) is 13.5 Å². The molecule has 0 saturated carbocycles. The molecule has 6 nitrogen and oxygen atoms in total. The molecule has 5 rings (SSSR count). The zero-order valence-electron chi connectivity index (χ0n) is 21.7. The average molecular weight is 511 g/mol. The first-order chi connectivity index (χ1) is 18.5. The highest BCUT2D eigenvalue weighted by atomic mass is 16.5. The van der Waals surface area contributed by atoms with Crippen molar-refractivity contribution in [2.24, 2.45) is 0 Å². The van der Waals surface area contributed by atoms with Crippen molar-refractivity contribution in [3.8, 4) is 28.7 Å². The number of aromatic hydroxyl groups is 1. The lowest BCUT2D eigenvalue weighted by Gasteiger charge is -2.29. The van der Waals surface area contributed by atoms with Crippen molar-refractivity contribution in [3.63, 3.8) is 0 Å². The van der Waals surface area contributed by atoms with Crippen LogP contribution in [0.15, 0.2) is 78.9 Å². The molecule has 4 aromatic carbocycles. The van der Waals surface area contributed by atoms with Crippen molar-refractivity contribution in [3.05, 3.63) is 112 Å². The summed E-state index contributed by atoms with van der Waals surface area (Å²) >= 11 is 0. The van der Waals surface area contributed by atoms with Crippen LogP contribution in [0.1, 0.15) is 50.7 Å². The van der Waals surface area contributed by atoms with Gasteiger partial charge in [-0.3, -0.25) is 4.79 Å². The number of phenols is 1. The molecule has 0 radical (unpaired) electrons. The smallest absolute Gasteiger partial charge is 0.174 e. The maximum Gasteiger partial charge on any atom is 0.174 e. The van der Waals surface area contributed by atoms with E-state index >= 15 is 0 Å². The number of hydrogen-bond donors (Lipinski definition) is 1. The average Bonchev–Trinajstić information content (AvgIpc) is 2.95. The zero-order chi connectivity index (χ0) is 26.6. The van der Waals surface area contributed by atoms with Crippen molar-refractivity contribution in [2.45, 2.75) is 39.6 Å². The summed E-state index contributed by atoms with van der Waals surface area (Å²) < 4.78 is 24.0. The fraction of sp³-hybridized carbons (Fsp3) is 0.219. The molecule has 0 amide bonds. The van der Waals surface area contributed by atoms with Gasteiger partial charge < -0.3 is 24.1 Å². The molecule has 0 unspecified atom stereocenters. The van der Waals surface area contributed by atoms with Gasteiger partial charge in [0.25, 0.3) is 0 Å². The molecule has 0 aliphatic carbocycles. The molecule has 6 heteroatoms. The lowest BCUT2D eigenvalue weighted by Crippen LogP contribution is -2.22. The normalized spacial score (nSPS) is 14.4. The minimum Gasteiger partial charge on any atom is -0.507 e. The van der Waals surface area contributed by atoms with E-state index in [0.717, 1.165) is 16.7 Å². The fourth-order valence-corrected chi connectivity index (χ4v) is 4.71. The molecule has 0 bridgehead atoms. The Balaban J connectivity index is 1.40. The molecule has 1 atom stereocenters. The van der Waals surface area contributed by atoms with Crippen molar-refractivity contribution in [1.82, 2.24) is 0 Å². The molecule has 1 aliphatic rings. The van der Waals surface area contributed by atoms with E-state index in [2.05, 4.69) is 0 Å². The van der Waals surface area contributed by atoms with Crippen molar-refractivity contribution in [1.29, 1.82) is 0 Å². The van der Waals surface area contributed by atoms with Gasteiger partial charge in [-0.25, -0.2) is 0 Å². The number of benzene rings is 4. The summed E-state index contributed by atoms with van der Waals surface area (Å²) in [4.78, 5) is 13.2. The second-order valence-electron chi connectivity index (χ2n) is 9.32. The number of hydrogen-bond acceptors (Lipinski definition) is 6. The maximum absolute atomic E-state index is 13.2. The van der Waals surface area contributed by atoms with Gasteiger partial charge in [-0.05, 0) is 42.7 Å². The van der Waals surface area contributed by atoms with Crippen LogP contribution in [0.4, 0.5) is 0 Å². The number of methoxy groups -OCH3 is 1. The predicted molar refractivity (Wildman–Crippen MR) is 144 cm³/mol. The Labute approximate surface area is 222 Å². The highest BCUT2D eigenvalue weighted by Crippen LogP contribution is 2.48. The van der Waals surface area contributed by atoms with E-state index < -0.39 is 6.10 Å². The van der Waals surface area contributed by atoms with Gasteiger partial charge in [-0.1, -0.05) is 66.7 Å². The SMILES string of the molecule is COc1cc([C@H]2CC(=O)c3c(O)c(C)c(OCc4ccccc4)c(C)c3O2)ccc1OCc1ccccc1. The van der Waals surface area contributed by atoms with Gasteiger partial charge in [-0.15, -0.1) is 0 Å². The van der Waals surface area contributed by atoms with Gasteiger partial charge >= 0.3 is 0 Å². The van der Waals surface area contributed by atoms with Gasteiger partial charge in [0.1, 0.15) is 42.1 Å². The van der Waals surface area contributed by atoms with E-state index in [0.29, 0.717) is 47.3 Å². The number of carbonyl (C=O) groups is 1. The Morgan fingerprint density at radius 3 is 2.11 bits per heavy atom. The summed E-state index contributed by atoms with van der Waals surface area (Å²) in [6.45, 7) is 4.34. The number of fused-ring (bicyclic) bond motifs is 1. The summed E-state index contributed by atoms with van der Waals surface area (Å²) in [6, 6.07) is 25.2. The number of carbonyl (C=O) groups excluding carboxylic acids is 1. The number of Topliss-reactive ketones (excluding diaryl/α,β-unsaturated/α-hetero) is 1. The summed E-state index contributed by atoms with van der Waals surface area (Å²) in [5, 5.41) is 10.9. The third kappa shape index (κ3) is 5.02. The first-order valence-corrected chi connectivity index (χ1v) is 12.5. The topological polar surface area (TPSA) is 74.2 Å². The molecule has 0 aromatic heterocycles. The van der Waals surface area contributed by atoms with Gasteiger partial charge in [0.15, 0.2) is 17.3 Å². The quantitative estimate of drug-likeness (QED) is 0.278. The molecule has 194 valence electrons. The maximum atomic E-state index is 13.2. The molecule has 4 aromatic rings. The number of ether oxygens (including phenoxy) is 4. The lowest BCUT2D eigenvalue weighted by atomic mass is 9.91. The van der Waals surface area contributed by atoms with Gasteiger partial charge in [0, 0.05) is 11.1 Å². The van der Waals surface area contributed by atoms with E-state index in [-0.39, 0.29) is 23.5 Å². The molecule has 1 heterocycles. The second kappa shape index (κ2) is 10.9. The summed E-state index contributed by atoms with van der Waals surface area (Å²) in [5.41, 5.74) is 4.23. The van der Waals surface area contributed by atoms with Crippen LogP contribution in [0, 0.1) is 13.8 Å². The standard InChI is InChI=1S/C32H30O6/c1-20-30(34)29-25(33)17-27(38-32(29)21(2)31(20)37-19-23-12-8-5-9-13-23)24-14-15-26(28(16-24)35-3)36-18-22-10-6-4-7-11-22/h4-16,27,34H,17-19H2,1-3H3/t27-/m1/s1. The highest BCUT2D eigenvalue weighted by molar-refractivity contribution is 6.04. The van der Waals surface area contributed by atoms with Crippen LogP contribution in [-0.4, -0.2) is 18.0 Å². The Hall–Kier alpha value is -4.45. The molecular weight excluding hydrogens is 480 g/mol. The van der Waals surface area contributed by atoms with E-state index in [1.807, 2.05) is 85.8 Å². The predicted octanol–water partition coefficient (Wildman–Crippen LogP) is 6.88. The monoisotopic (exact) mass is 510 g/mol. The van der Waals surface area contributed by atoms with E-state index in [9.17, 15) is 9.90 Å². The number of phenolic OH excluding ortho intramolecular Hbond substituents is 1. The van der Waals surface area contributed by atoms with E-state index in [1.165, 1.54) is 0 Å². The lowest BCUT2D eigenvalue weighted by molar-refractivity contribution is 0.0841. The number of ketones is 1. The first kappa shape index (κ1) is 25.2.